The lowest BCUT2D eigenvalue weighted by Gasteiger charge is -2.21. The van der Waals surface area contributed by atoms with E-state index in [4.69, 9.17) is 15.4 Å². The van der Waals surface area contributed by atoms with Crippen molar-refractivity contribution in [2.24, 2.45) is 0 Å². The maximum atomic E-state index is 12.7. The SMILES string of the molecule is N#CCCN(Cc1ccco1)S(=O)(=O)c1ccccc1N. The minimum atomic E-state index is -3.78. The molecule has 0 radical (unpaired) electrons. The summed E-state index contributed by atoms with van der Waals surface area (Å²) in [5.41, 5.74) is 5.93. The first-order valence-corrected chi connectivity index (χ1v) is 7.73. The van der Waals surface area contributed by atoms with Crippen LogP contribution in [0.2, 0.25) is 0 Å². The molecule has 1 aromatic heterocycles. The van der Waals surface area contributed by atoms with Gasteiger partial charge in [-0.15, -0.1) is 0 Å². The molecule has 110 valence electrons. The van der Waals surface area contributed by atoms with Gasteiger partial charge in [-0.05, 0) is 24.3 Å². The van der Waals surface area contributed by atoms with Crippen molar-refractivity contribution < 1.29 is 12.8 Å². The van der Waals surface area contributed by atoms with Crippen LogP contribution in [0.5, 0.6) is 0 Å². The standard InChI is InChI=1S/C14H15N3O3S/c15-8-4-9-17(11-12-5-3-10-20-12)21(18,19)14-7-2-1-6-13(14)16/h1-3,5-7,10H,4,9,11,16H2. The summed E-state index contributed by atoms with van der Waals surface area (Å²) >= 11 is 0. The molecule has 0 saturated carbocycles. The first-order chi connectivity index (χ1) is 10.1. The highest BCUT2D eigenvalue weighted by molar-refractivity contribution is 7.89. The lowest BCUT2D eigenvalue weighted by atomic mass is 10.3. The van der Waals surface area contributed by atoms with E-state index >= 15 is 0 Å². The van der Waals surface area contributed by atoms with Gasteiger partial charge in [-0.1, -0.05) is 12.1 Å². The molecule has 0 spiro atoms. The summed E-state index contributed by atoms with van der Waals surface area (Å²) in [6.07, 6.45) is 1.56. The number of hydrogen-bond acceptors (Lipinski definition) is 5. The number of para-hydroxylation sites is 1. The Labute approximate surface area is 123 Å². The summed E-state index contributed by atoms with van der Waals surface area (Å²) in [6, 6.07) is 11.6. The van der Waals surface area contributed by atoms with Crippen molar-refractivity contribution in [3.63, 3.8) is 0 Å². The average Bonchev–Trinajstić information content (AvgIpc) is 2.96. The molecule has 0 fully saturated rings. The van der Waals surface area contributed by atoms with Crippen molar-refractivity contribution in [2.75, 3.05) is 12.3 Å². The predicted molar refractivity (Wildman–Crippen MR) is 77.4 cm³/mol. The monoisotopic (exact) mass is 305 g/mol. The zero-order valence-electron chi connectivity index (χ0n) is 11.3. The van der Waals surface area contributed by atoms with Crippen molar-refractivity contribution in [1.82, 2.24) is 4.31 Å². The molecule has 1 heterocycles. The minimum Gasteiger partial charge on any atom is -0.468 e. The molecule has 2 N–H and O–H groups in total. The first-order valence-electron chi connectivity index (χ1n) is 6.29. The fraction of sp³-hybridized carbons (Fsp3) is 0.214. The largest absolute Gasteiger partial charge is 0.468 e. The molecular formula is C14H15N3O3S. The molecule has 0 bridgehead atoms. The Morgan fingerprint density at radius 3 is 2.62 bits per heavy atom. The highest BCUT2D eigenvalue weighted by Crippen LogP contribution is 2.23. The van der Waals surface area contributed by atoms with E-state index in [-0.39, 0.29) is 30.1 Å². The zero-order chi connectivity index (χ0) is 15.3. The van der Waals surface area contributed by atoms with Crippen molar-refractivity contribution in [3.05, 3.63) is 48.4 Å². The Morgan fingerprint density at radius 2 is 2.00 bits per heavy atom. The molecule has 1 aromatic carbocycles. The van der Waals surface area contributed by atoms with E-state index in [1.54, 1.807) is 24.3 Å². The normalized spacial score (nSPS) is 11.4. The fourth-order valence-corrected chi connectivity index (χ4v) is 3.41. The second-order valence-corrected chi connectivity index (χ2v) is 6.27. The molecule has 0 amide bonds. The number of benzene rings is 1. The van der Waals surface area contributed by atoms with Gasteiger partial charge in [0.25, 0.3) is 0 Å². The van der Waals surface area contributed by atoms with Gasteiger partial charge in [0.05, 0.1) is 24.6 Å². The molecule has 6 nitrogen and oxygen atoms in total. The Morgan fingerprint density at radius 1 is 1.24 bits per heavy atom. The summed E-state index contributed by atoms with van der Waals surface area (Å²) in [7, 11) is -3.78. The minimum absolute atomic E-state index is 0.0366. The smallest absolute Gasteiger partial charge is 0.245 e. The third-order valence-corrected chi connectivity index (χ3v) is 4.84. The molecule has 0 aliphatic rings. The van der Waals surface area contributed by atoms with Gasteiger partial charge in [-0.3, -0.25) is 0 Å². The first kappa shape index (κ1) is 15.1. The Kier molecular flexibility index (Phi) is 4.62. The summed E-state index contributed by atoms with van der Waals surface area (Å²) in [5.74, 6) is 0.506. The van der Waals surface area contributed by atoms with E-state index < -0.39 is 10.0 Å². The number of nitrogens with two attached hydrogens (primary N) is 1. The Hall–Kier alpha value is -2.30. The quantitative estimate of drug-likeness (QED) is 0.822. The number of nitrogens with zero attached hydrogens (tertiary/aromatic N) is 2. The molecule has 0 atom stereocenters. The van der Waals surface area contributed by atoms with E-state index in [1.807, 2.05) is 6.07 Å². The number of furan rings is 1. The predicted octanol–water partition coefficient (Wildman–Crippen LogP) is 1.97. The van der Waals surface area contributed by atoms with Gasteiger partial charge in [0.1, 0.15) is 10.7 Å². The number of rotatable bonds is 6. The van der Waals surface area contributed by atoms with Crippen molar-refractivity contribution in [1.29, 1.82) is 5.26 Å². The second-order valence-electron chi connectivity index (χ2n) is 4.36. The van der Waals surface area contributed by atoms with Gasteiger partial charge in [0, 0.05) is 13.0 Å². The third kappa shape index (κ3) is 3.42. The van der Waals surface area contributed by atoms with Crippen LogP contribution in [0.3, 0.4) is 0 Å². The van der Waals surface area contributed by atoms with Crippen LogP contribution in [0.1, 0.15) is 12.2 Å². The van der Waals surface area contributed by atoms with Crippen LogP contribution in [-0.2, 0) is 16.6 Å². The van der Waals surface area contributed by atoms with Crippen molar-refractivity contribution in [3.8, 4) is 6.07 Å². The van der Waals surface area contributed by atoms with E-state index in [0.29, 0.717) is 5.76 Å². The number of nitriles is 1. The zero-order valence-corrected chi connectivity index (χ0v) is 12.1. The molecular weight excluding hydrogens is 290 g/mol. The van der Waals surface area contributed by atoms with Gasteiger partial charge in [-0.25, -0.2) is 8.42 Å². The molecule has 7 heteroatoms. The van der Waals surface area contributed by atoms with E-state index in [2.05, 4.69) is 0 Å². The number of nitrogen functional groups attached to an aromatic ring is 1. The van der Waals surface area contributed by atoms with E-state index in [0.717, 1.165) is 0 Å². The van der Waals surface area contributed by atoms with Gasteiger partial charge < -0.3 is 10.2 Å². The highest BCUT2D eigenvalue weighted by atomic mass is 32.2. The second kappa shape index (κ2) is 6.43. The molecule has 2 aromatic rings. The van der Waals surface area contributed by atoms with Gasteiger partial charge in [0.2, 0.25) is 10.0 Å². The van der Waals surface area contributed by atoms with E-state index in [9.17, 15) is 8.42 Å². The van der Waals surface area contributed by atoms with Gasteiger partial charge in [-0.2, -0.15) is 9.57 Å². The lowest BCUT2D eigenvalue weighted by molar-refractivity contribution is 0.368. The summed E-state index contributed by atoms with van der Waals surface area (Å²) in [5, 5.41) is 8.71. The third-order valence-electron chi connectivity index (χ3n) is 2.92. The number of anilines is 1. The maximum absolute atomic E-state index is 12.7. The topological polar surface area (TPSA) is 100 Å². The Bertz CT molecular complexity index is 733. The van der Waals surface area contributed by atoms with Crippen LogP contribution in [0, 0.1) is 11.3 Å². The van der Waals surface area contributed by atoms with Crippen LogP contribution >= 0.6 is 0 Å². The number of hydrogen-bond donors (Lipinski definition) is 1. The van der Waals surface area contributed by atoms with Gasteiger partial charge >= 0.3 is 0 Å². The van der Waals surface area contributed by atoms with Crippen LogP contribution in [-0.4, -0.2) is 19.3 Å². The molecule has 0 saturated heterocycles. The van der Waals surface area contributed by atoms with Crippen LogP contribution in [0.15, 0.2) is 52.0 Å². The fourth-order valence-electron chi connectivity index (χ4n) is 1.89. The Balaban J connectivity index is 2.35. The van der Waals surface area contributed by atoms with Gasteiger partial charge in [0.15, 0.2) is 0 Å². The van der Waals surface area contributed by atoms with Crippen LogP contribution in [0.25, 0.3) is 0 Å². The van der Waals surface area contributed by atoms with E-state index in [1.165, 1.54) is 22.7 Å². The average molecular weight is 305 g/mol. The van der Waals surface area contributed by atoms with Crippen LogP contribution in [0.4, 0.5) is 5.69 Å². The summed E-state index contributed by atoms with van der Waals surface area (Å²) in [4.78, 5) is 0.0366. The molecule has 21 heavy (non-hydrogen) atoms. The molecule has 0 aliphatic heterocycles. The molecule has 2 rings (SSSR count). The highest BCUT2D eigenvalue weighted by Gasteiger charge is 2.26. The summed E-state index contributed by atoms with van der Waals surface area (Å²) in [6.45, 7) is 0.138. The molecule has 0 aliphatic carbocycles. The maximum Gasteiger partial charge on any atom is 0.245 e. The van der Waals surface area contributed by atoms with Crippen molar-refractivity contribution >= 4 is 15.7 Å². The van der Waals surface area contributed by atoms with Crippen LogP contribution < -0.4 is 5.73 Å². The lowest BCUT2D eigenvalue weighted by Crippen LogP contribution is -2.32. The number of sulfonamides is 1. The molecule has 0 unspecified atom stereocenters. The van der Waals surface area contributed by atoms with Crippen molar-refractivity contribution in [2.45, 2.75) is 17.9 Å². The summed E-state index contributed by atoms with van der Waals surface area (Å²) < 4.78 is 31.7.